The second-order valence-corrected chi connectivity index (χ2v) is 10.5. The van der Waals surface area contributed by atoms with Crippen molar-refractivity contribution in [2.24, 2.45) is 5.92 Å². The van der Waals surface area contributed by atoms with Gasteiger partial charge in [-0.05, 0) is 121 Å². The van der Waals surface area contributed by atoms with Crippen LogP contribution in [0.4, 0.5) is 5.69 Å². The number of fused-ring (bicyclic) bond motifs is 1. The molecule has 1 fully saturated rings. The predicted octanol–water partition coefficient (Wildman–Crippen LogP) is 8.57. The van der Waals surface area contributed by atoms with Crippen LogP contribution >= 0.6 is 0 Å². The zero-order chi connectivity index (χ0) is 24.7. The Labute approximate surface area is 209 Å². The average Bonchev–Trinajstić information content (AvgIpc) is 3.31. The summed E-state index contributed by atoms with van der Waals surface area (Å²) in [7, 11) is 0. The molecule has 1 N–H and O–H groups in total. The van der Waals surface area contributed by atoms with Crippen LogP contribution in [0.2, 0.25) is 0 Å². The minimum atomic E-state index is 0.00754. The normalized spacial score (nSPS) is 17.6. The SMILES string of the molecule is Cc1cc2cc(C)c(C3CCCC3C(=O)Nc3ccc(-c4ccccc4C)cc3C)cc2cc1C. The number of hydrogen-bond acceptors (Lipinski definition) is 1. The monoisotopic (exact) mass is 461 g/mol. The zero-order valence-corrected chi connectivity index (χ0v) is 21.5. The fourth-order valence-corrected chi connectivity index (χ4v) is 5.85. The van der Waals surface area contributed by atoms with E-state index in [-0.39, 0.29) is 17.7 Å². The third-order valence-corrected chi connectivity index (χ3v) is 8.03. The van der Waals surface area contributed by atoms with Gasteiger partial charge in [-0.1, -0.05) is 61.0 Å². The lowest BCUT2D eigenvalue weighted by Crippen LogP contribution is -2.25. The first-order valence-corrected chi connectivity index (χ1v) is 12.8. The summed E-state index contributed by atoms with van der Waals surface area (Å²) in [6.07, 6.45) is 3.11. The quantitative estimate of drug-likeness (QED) is 0.324. The maximum Gasteiger partial charge on any atom is 0.228 e. The molecule has 1 aliphatic carbocycles. The lowest BCUT2D eigenvalue weighted by molar-refractivity contribution is -0.120. The van der Waals surface area contributed by atoms with Crippen LogP contribution in [0.3, 0.4) is 0 Å². The molecular formula is C33H35NO. The number of carbonyl (C=O) groups excluding carboxylic acids is 1. The fraction of sp³-hybridized carbons (Fsp3) is 0.303. The first-order chi connectivity index (χ1) is 16.8. The van der Waals surface area contributed by atoms with Crippen molar-refractivity contribution in [2.75, 3.05) is 5.32 Å². The van der Waals surface area contributed by atoms with Gasteiger partial charge in [-0.2, -0.15) is 0 Å². The topological polar surface area (TPSA) is 29.1 Å². The number of rotatable bonds is 4. The molecule has 2 atom stereocenters. The lowest BCUT2D eigenvalue weighted by Gasteiger charge is -2.23. The second-order valence-electron chi connectivity index (χ2n) is 10.5. The van der Waals surface area contributed by atoms with Crippen LogP contribution in [0.1, 0.15) is 58.6 Å². The first kappa shape index (κ1) is 23.4. The molecule has 0 radical (unpaired) electrons. The molecule has 0 aliphatic heterocycles. The average molecular weight is 462 g/mol. The number of benzene rings is 4. The highest BCUT2D eigenvalue weighted by molar-refractivity contribution is 5.95. The van der Waals surface area contributed by atoms with Gasteiger partial charge in [0, 0.05) is 11.6 Å². The van der Waals surface area contributed by atoms with E-state index in [2.05, 4.69) is 107 Å². The van der Waals surface area contributed by atoms with E-state index < -0.39 is 0 Å². The van der Waals surface area contributed by atoms with Crippen molar-refractivity contribution in [1.29, 1.82) is 0 Å². The van der Waals surface area contributed by atoms with Crippen molar-refractivity contribution in [3.63, 3.8) is 0 Å². The van der Waals surface area contributed by atoms with Gasteiger partial charge in [0.15, 0.2) is 0 Å². The van der Waals surface area contributed by atoms with Crippen molar-refractivity contribution in [1.82, 2.24) is 0 Å². The summed E-state index contributed by atoms with van der Waals surface area (Å²) in [5.41, 5.74) is 11.0. The molecule has 2 nitrogen and oxygen atoms in total. The Morgan fingerprint density at radius 2 is 1.40 bits per heavy atom. The highest BCUT2D eigenvalue weighted by Gasteiger charge is 2.35. The molecule has 0 aromatic heterocycles. The van der Waals surface area contributed by atoms with Crippen LogP contribution in [-0.4, -0.2) is 5.91 Å². The minimum absolute atomic E-state index is 0.00754. The van der Waals surface area contributed by atoms with Gasteiger partial charge in [0.2, 0.25) is 5.91 Å². The molecule has 178 valence electrons. The number of amides is 1. The van der Waals surface area contributed by atoms with Crippen molar-refractivity contribution in [3.8, 4) is 11.1 Å². The number of hydrogen-bond donors (Lipinski definition) is 1. The van der Waals surface area contributed by atoms with Gasteiger partial charge in [-0.25, -0.2) is 0 Å². The molecule has 4 aromatic rings. The Morgan fingerprint density at radius 1 is 0.714 bits per heavy atom. The molecule has 1 aliphatic rings. The predicted molar refractivity (Wildman–Crippen MR) is 148 cm³/mol. The highest BCUT2D eigenvalue weighted by atomic mass is 16.1. The van der Waals surface area contributed by atoms with Crippen molar-refractivity contribution < 1.29 is 4.79 Å². The largest absolute Gasteiger partial charge is 0.326 e. The van der Waals surface area contributed by atoms with E-state index in [9.17, 15) is 4.79 Å². The maximum atomic E-state index is 13.5. The van der Waals surface area contributed by atoms with E-state index in [1.54, 1.807) is 0 Å². The summed E-state index contributed by atoms with van der Waals surface area (Å²) in [4.78, 5) is 13.5. The molecule has 1 amide bonds. The number of aryl methyl sites for hydroxylation is 5. The van der Waals surface area contributed by atoms with Crippen LogP contribution in [0.15, 0.2) is 66.7 Å². The van der Waals surface area contributed by atoms with Gasteiger partial charge in [0.05, 0.1) is 0 Å². The third kappa shape index (κ3) is 4.50. The summed E-state index contributed by atoms with van der Waals surface area (Å²) >= 11 is 0. The number of carbonyl (C=O) groups is 1. The Morgan fingerprint density at radius 3 is 2.11 bits per heavy atom. The van der Waals surface area contributed by atoms with E-state index in [0.717, 1.165) is 30.5 Å². The molecule has 4 aromatic carbocycles. The van der Waals surface area contributed by atoms with E-state index >= 15 is 0 Å². The van der Waals surface area contributed by atoms with Crippen LogP contribution < -0.4 is 5.32 Å². The highest BCUT2D eigenvalue weighted by Crippen LogP contribution is 2.43. The van der Waals surface area contributed by atoms with Gasteiger partial charge in [-0.15, -0.1) is 0 Å². The van der Waals surface area contributed by atoms with Gasteiger partial charge in [0.1, 0.15) is 0 Å². The lowest BCUT2D eigenvalue weighted by atomic mass is 9.84. The molecule has 2 unspecified atom stereocenters. The number of anilines is 1. The molecule has 35 heavy (non-hydrogen) atoms. The summed E-state index contributed by atoms with van der Waals surface area (Å²) in [5, 5.41) is 5.85. The molecule has 5 rings (SSSR count). The minimum Gasteiger partial charge on any atom is -0.326 e. The van der Waals surface area contributed by atoms with Crippen LogP contribution in [0.5, 0.6) is 0 Å². The van der Waals surface area contributed by atoms with Crippen molar-refractivity contribution in [2.45, 2.75) is 59.8 Å². The van der Waals surface area contributed by atoms with Crippen LogP contribution in [-0.2, 0) is 4.79 Å². The Balaban J connectivity index is 1.40. The third-order valence-electron chi connectivity index (χ3n) is 8.03. The van der Waals surface area contributed by atoms with Gasteiger partial charge < -0.3 is 5.32 Å². The first-order valence-electron chi connectivity index (χ1n) is 12.8. The molecule has 0 saturated heterocycles. The second kappa shape index (κ2) is 9.34. The zero-order valence-electron chi connectivity index (χ0n) is 21.5. The molecule has 2 heteroatoms. The van der Waals surface area contributed by atoms with Crippen LogP contribution in [0, 0.1) is 40.5 Å². The summed E-state index contributed by atoms with van der Waals surface area (Å²) < 4.78 is 0. The van der Waals surface area contributed by atoms with Gasteiger partial charge in [-0.3, -0.25) is 4.79 Å². The molecular weight excluding hydrogens is 426 g/mol. The van der Waals surface area contributed by atoms with E-state index in [1.165, 1.54) is 49.7 Å². The maximum absolute atomic E-state index is 13.5. The van der Waals surface area contributed by atoms with E-state index in [0.29, 0.717) is 0 Å². The smallest absolute Gasteiger partial charge is 0.228 e. The van der Waals surface area contributed by atoms with Crippen LogP contribution in [0.25, 0.3) is 21.9 Å². The fourth-order valence-electron chi connectivity index (χ4n) is 5.85. The standard InChI is InChI=1S/C33H35NO/c1-20-9-6-7-10-28(20)25-13-14-32(24(5)18-25)34-33(35)30-12-8-11-29(30)31-19-27-16-22(3)21(2)15-26(27)17-23(31)4/h6-7,9-10,13-19,29-30H,8,11-12H2,1-5H3,(H,34,35). The summed E-state index contributed by atoms with van der Waals surface area (Å²) in [5.74, 6) is 0.430. The number of nitrogens with one attached hydrogen (secondary N) is 1. The summed E-state index contributed by atoms with van der Waals surface area (Å²) in [6, 6.07) is 24.0. The molecule has 1 saturated carbocycles. The van der Waals surface area contributed by atoms with E-state index in [4.69, 9.17) is 0 Å². The van der Waals surface area contributed by atoms with Crippen molar-refractivity contribution in [3.05, 3.63) is 100 Å². The summed E-state index contributed by atoms with van der Waals surface area (Å²) in [6.45, 7) is 10.8. The van der Waals surface area contributed by atoms with Gasteiger partial charge >= 0.3 is 0 Å². The van der Waals surface area contributed by atoms with Gasteiger partial charge in [0.25, 0.3) is 0 Å². The van der Waals surface area contributed by atoms with E-state index in [1.807, 2.05) is 0 Å². The molecule has 0 spiro atoms. The Bertz CT molecular complexity index is 1430. The van der Waals surface area contributed by atoms with Crippen molar-refractivity contribution >= 4 is 22.4 Å². The Hall–Kier alpha value is -3.39. The molecule has 0 heterocycles. The Kier molecular flexibility index (Phi) is 6.23. The molecule has 0 bridgehead atoms.